The first kappa shape index (κ1) is 10.4. The predicted octanol–water partition coefficient (Wildman–Crippen LogP) is 2.96. The van der Waals surface area contributed by atoms with Gasteiger partial charge in [-0.3, -0.25) is 4.79 Å². The van der Waals surface area contributed by atoms with Gasteiger partial charge < -0.3 is 0 Å². The van der Waals surface area contributed by atoms with Crippen molar-refractivity contribution in [3.8, 4) is 0 Å². The summed E-state index contributed by atoms with van der Waals surface area (Å²) in [5, 5.41) is 0. The summed E-state index contributed by atoms with van der Waals surface area (Å²) in [7, 11) is 0. The summed E-state index contributed by atoms with van der Waals surface area (Å²) in [5.74, 6) is 0.561. The molecule has 0 aromatic carbocycles. The van der Waals surface area contributed by atoms with Crippen LogP contribution in [0.5, 0.6) is 0 Å². The van der Waals surface area contributed by atoms with Gasteiger partial charge in [0.25, 0.3) is 0 Å². The highest BCUT2D eigenvalue weighted by Gasteiger charge is 2.05. The molecule has 0 atom stereocenters. The average Bonchev–Trinajstić information content (AvgIpc) is 1.86. The van der Waals surface area contributed by atoms with E-state index < -0.39 is 0 Å². The van der Waals surface area contributed by atoms with Gasteiger partial charge in [-0.15, -0.1) is 6.58 Å². The second kappa shape index (κ2) is 5.11. The maximum absolute atomic E-state index is 11.1. The van der Waals surface area contributed by atoms with Gasteiger partial charge >= 0.3 is 0 Å². The Kier molecular flexibility index (Phi) is 4.84. The van der Waals surface area contributed by atoms with Crippen LogP contribution in [-0.4, -0.2) is 5.78 Å². The van der Waals surface area contributed by atoms with E-state index in [0.717, 1.165) is 12.8 Å². The van der Waals surface area contributed by atoms with E-state index in [1.807, 2.05) is 20.8 Å². The minimum absolute atomic E-state index is 0.195. The second-order valence-electron chi connectivity index (χ2n) is 3.43. The maximum atomic E-state index is 11.1. The van der Waals surface area contributed by atoms with Gasteiger partial charge in [0.05, 0.1) is 0 Å². The van der Waals surface area contributed by atoms with Crippen molar-refractivity contribution in [2.45, 2.75) is 40.0 Å². The fourth-order valence-electron chi connectivity index (χ4n) is 0.853. The number of hydrogen-bond acceptors (Lipinski definition) is 1. The highest BCUT2D eigenvalue weighted by Crippen LogP contribution is 2.07. The van der Waals surface area contributed by atoms with E-state index in [0.29, 0.717) is 12.2 Å². The van der Waals surface area contributed by atoms with Crippen molar-refractivity contribution in [2.24, 2.45) is 5.92 Å². The van der Waals surface area contributed by atoms with E-state index in [-0.39, 0.29) is 5.92 Å². The van der Waals surface area contributed by atoms with Crippen LogP contribution in [0.2, 0.25) is 0 Å². The normalized spacial score (nSPS) is 10.2. The smallest absolute Gasteiger partial charge is 0.135 e. The fraction of sp³-hybridized carbons (Fsp3) is 0.700. The topological polar surface area (TPSA) is 17.1 Å². The van der Waals surface area contributed by atoms with Crippen LogP contribution in [0, 0.1) is 5.92 Å². The monoisotopic (exact) mass is 154 g/mol. The van der Waals surface area contributed by atoms with E-state index in [1.54, 1.807) is 0 Å². The molecule has 0 unspecified atom stereocenters. The van der Waals surface area contributed by atoms with Crippen LogP contribution in [0.1, 0.15) is 40.0 Å². The van der Waals surface area contributed by atoms with Crippen molar-refractivity contribution in [3.63, 3.8) is 0 Å². The summed E-state index contributed by atoms with van der Waals surface area (Å²) in [4.78, 5) is 11.1. The van der Waals surface area contributed by atoms with Crippen molar-refractivity contribution in [2.75, 3.05) is 0 Å². The van der Waals surface area contributed by atoms with Crippen LogP contribution < -0.4 is 0 Å². The highest BCUT2D eigenvalue weighted by atomic mass is 16.1. The van der Waals surface area contributed by atoms with Gasteiger partial charge in [0.1, 0.15) is 5.78 Å². The first-order valence-corrected chi connectivity index (χ1v) is 4.21. The average molecular weight is 154 g/mol. The molecule has 64 valence electrons. The Morgan fingerprint density at radius 1 is 1.36 bits per heavy atom. The quantitative estimate of drug-likeness (QED) is 0.556. The van der Waals surface area contributed by atoms with Crippen molar-refractivity contribution in [1.82, 2.24) is 0 Å². The van der Waals surface area contributed by atoms with E-state index >= 15 is 0 Å². The summed E-state index contributed by atoms with van der Waals surface area (Å²) >= 11 is 0. The van der Waals surface area contributed by atoms with E-state index in [1.165, 1.54) is 5.57 Å². The zero-order chi connectivity index (χ0) is 8.85. The fourth-order valence-corrected chi connectivity index (χ4v) is 0.853. The van der Waals surface area contributed by atoms with Gasteiger partial charge in [0.15, 0.2) is 0 Å². The summed E-state index contributed by atoms with van der Waals surface area (Å²) in [6.45, 7) is 9.68. The minimum Gasteiger partial charge on any atom is -0.299 e. The molecule has 0 aliphatic carbocycles. The van der Waals surface area contributed by atoms with Crippen LogP contribution in [0.25, 0.3) is 0 Å². The van der Waals surface area contributed by atoms with Gasteiger partial charge in [0.2, 0.25) is 0 Å². The molecular weight excluding hydrogens is 136 g/mol. The number of hydrogen-bond donors (Lipinski definition) is 0. The Balaban J connectivity index is 3.39. The van der Waals surface area contributed by atoms with Crippen LogP contribution in [0.15, 0.2) is 12.2 Å². The minimum atomic E-state index is 0.195. The van der Waals surface area contributed by atoms with Crippen LogP contribution >= 0.6 is 0 Å². The molecule has 0 aliphatic rings. The highest BCUT2D eigenvalue weighted by molar-refractivity contribution is 5.80. The Hall–Kier alpha value is -0.590. The molecule has 0 bridgehead atoms. The largest absolute Gasteiger partial charge is 0.299 e. The lowest BCUT2D eigenvalue weighted by Gasteiger charge is -2.02. The summed E-state index contributed by atoms with van der Waals surface area (Å²) < 4.78 is 0. The van der Waals surface area contributed by atoms with Gasteiger partial charge in [-0.2, -0.15) is 0 Å². The molecule has 0 saturated heterocycles. The first-order valence-electron chi connectivity index (χ1n) is 4.21. The Labute approximate surface area is 69.5 Å². The molecule has 0 rings (SSSR count). The molecule has 0 N–H and O–H groups in total. The van der Waals surface area contributed by atoms with Crippen LogP contribution in [0.4, 0.5) is 0 Å². The van der Waals surface area contributed by atoms with E-state index in [4.69, 9.17) is 0 Å². The third kappa shape index (κ3) is 5.84. The number of carbonyl (C=O) groups excluding carboxylic acids is 1. The van der Waals surface area contributed by atoms with Gasteiger partial charge in [0, 0.05) is 12.3 Å². The molecule has 11 heavy (non-hydrogen) atoms. The molecule has 0 saturated carbocycles. The maximum Gasteiger partial charge on any atom is 0.135 e. The second-order valence-corrected chi connectivity index (χ2v) is 3.43. The van der Waals surface area contributed by atoms with Gasteiger partial charge in [-0.25, -0.2) is 0 Å². The van der Waals surface area contributed by atoms with E-state index in [9.17, 15) is 4.79 Å². The Morgan fingerprint density at radius 3 is 2.27 bits per heavy atom. The zero-order valence-electron chi connectivity index (χ0n) is 7.81. The number of ketones is 1. The van der Waals surface area contributed by atoms with Crippen molar-refractivity contribution in [3.05, 3.63) is 12.2 Å². The van der Waals surface area contributed by atoms with Crippen molar-refractivity contribution in [1.29, 1.82) is 0 Å². The number of rotatable bonds is 5. The third-order valence-corrected chi connectivity index (χ3v) is 1.67. The summed E-state index contributed by atoms with van der Waals surface area (Å²) in [6.07, 6.45) is 2.66. The zero-order valence-corrected chi connectivity index (χ0v) is 7.81. The lowest BCUT2D eigenvalue weighted by atomic mass is 10.0. The van der Waals surface area contributed by atoms with E-state index in [2.05, 4.69) is 6.58 Å². The molecule has 0 aromatic heterocycles. The lowest BCUT2D eigenvalue weighted by molar-refractivity contribution is -0.121. The van der Waals surface area contributed by atoms with Crippen LogP contribution in [0.3, 0.4) is 0 Å². The number of carbonyl (C=O) groups is 1. The standard InChI is InChI=1S/C10H18O/c1-8(2)6-5-7-10(11)9(3)4/h9H,1,5-7H2,2-4H3. The molecule has 0 fully saturated rings. The third-order valence-electron chi connectivity index (χ3n) is 1.67. The lowest BCUT2D eigenvalue weighted by Crippen LogP contribution is -2.05. The SMILES string of the molecule is C=C(C)CCCC(=O)C(C)C. The summed E-state index contributed by atoms with van der Waals surface area (Å²) in [6, 6.07) is 0. The molecule has 1 nitrogen and oxygen atoms in total. The summed E-state index contributed by atoms with van der Waals surface area (Å²) in [5.41, 5.74) is 1.17. The number of allylic oxidation sites excluding steroid dienone is 1. The molecule has 1 heteroatoms. The molecule has 0 radical (unpaired) electrons. The molecule has 0 amide bonds. The van der Waals surface area contributed by atoms with Gasteiger partial charge in [-0.1, -0.05) is 19.4 Å². The van der Waals surface area contributed by atoms with Gasteiger partial charge in [-0.05, 0) is 19.8 Å². The molecule has 0 aliphatic heterocycles. The molecular formula is C10H18O. The van der Waals surface area contributed by atoms with Crippen molar-refractivity contribution >= 4 is 5.78 Å². The first-order chi connectivity index (χ1) is 5.04. The predicted molar refractivity (Wildman–Crippen MR) is 48.5 cm³/mol. The molecule has 0 heterocycles. The Bertz CT molecular complexity index is 145. The molecule has 0 aromatic rings. The molecule has 0 spiro atoms. The Morgan fingerprint density at radius 2 is 1.91 bits per heavy atom. The van der Waals surface area contributed by atoms with Crippen molar-refractivity contribution < 1.29 is 4.79 Å². The number of Topliss-reactive ketones (excluding diaryl/α,β-unsaturated/α-hetero) is 1. The van der Waals surface area contributed by atoms with Crippen LogP contribution in [-0.2, 0) is 4.79 Å².